The fraction of sp³-hybridized carbons (Fsp3) is 0.429. The molecule has 4 nitrogen and oxygen atoms in total. The number of aromatic nitrogens is 2. The third-order valence-corrected chi connectivity index (χ3v) is 3.52. The molecule has 2 aromatic heterocycles. The quantitative estimate of drug-likeness (QED) is 0.862. The van der Waals surface area contributed by atoms with E-state index in [4.69, 9.17) is 4.42 Å². The molecular weight excluding hydrogens is 306 g/mol. The van der Waals surface area contributed by atoms with Gasteiger partial charge in [0.1, 0.15) is 5.82 Å². The third kappa shape index (κ3) is 3.35. The van der Waals surface area contributed by atoms with Gasteiger partial charge in [-0.15, -0.1) is 0 Å². The molecule has 0 aromatic carbocycles. The topological polar surface area (TPSA) is 51.0 Å². The molecule has 0 aliphatic carbocycles. The number of nitrogens with one attached hydrogen (secondary N) is 1. The maximum absolute atomic E-state index is 5.38. The van der Waals surface area contributed by atoms with E-state index < -0.39 is 0 Å². The van der Waals surface area contributed by atoms with Crippen LogP contribution in [0.2, 0.25) is 0 Å². The Morgan fingerprint density at radius 3 is 2.74 bits per heavy atom. The molecule has 0 bridgehead atoms. The highest BCUT2D eigenvalue weighted by molar-refractivity contribution is 9.10. The van der Waals surface area contributed by atoms with Crippen LogP contribution in [0.25, 0.3) is 11.6 Å². The van der Waals surface area contributed by atoms with Crippen molar-refractivity contribution in [3.05, 3.63) is 28.6 Å². The second-order valence-electron chi connectivity index (χ2n) is 4.31. The van der Waals surface area contributed by atoms with Crippen LogP contribution >= 0.6 is 15.9 Å². The summed E-state index contributed by atoms with van der Waals surface area (Å²) in [6, 6.07) is 3.72. The first kappa shape index (κ1) is 14.1. The van der Waals surface area contributed by atoms with Crippen LogP contribution in [0.3, 0.4) is 0 Å². The molecule has 0 aliphatic rings. The van der Waals surface area contributed by atoms with Crippen LogP contribution < -0.4 is 5.32 Å². The summed E-state index contributed by atoms with van der Waals surface area (Å²) < 4.78 is 6.34. The van der Waals surface area contributed by atoms with Gasteiger partial charge in [-0.3, -0.25) is 0 Å². The van der Waals surface area contributed by atoms with Crippen molar-refractivity contribution < 1.29 is 4.42 Å². The minimum Gasteiger partial charge on any atom is -0.461 e. The van der Waals surface area contributed by atoms with Gasteiger partial charge in [0, 0.05) is 6.54 Å². The van der Waals surface area contributed by atoms with Gasteiger partial charge in [0.15, 0.2) is 11.6 Å². The Bertz CT molecular complexity index is 526. The molecule has 5 heteroatoms. The van der Waals surface area contributed by atoms with E-state index in [9.17, 15) is 0 Å². The molecule has 0 saturated heterocycles. The number of furan rings is 1. The van der Waals surface area contributed by atoms with Crippen LogP contribution in [0.1, 0.15) is 32.4 Å². The van der Waals surface area contributed by atoms with Gasteiger partial charge in [0.25, 0.3) is 0 Å². The Morgan fingerprint density at radius 1 is 1.26 bits per heavy atom. The predicted molar refractivity (Wildman–Crippen MR) is 80.2 cm³/mol. The molecule has 0 spiro atoms. The predicted octanol–water partition coefficient (Wildman–Crippen LogP) is 4.27. The molecule has 102 valence electrons. The lowest BCUT2D eigenvalue weighted by Crippen LogP contribution is -2.07. The van der Waals surface area contributed by atoms with E-state index in [1.165, 1.54) is 0 Å². The van der Waals surface area contributed by atoms with Crippen molar-refractivity contribution in [3.63, 3.8) is 0 Å². The maximum atomic E-state index is 5.38. The third-order valence-electron chi connectivity index (χ3n) is 2.69. The monoisotopic (exact) mass is 323 g/mol. The number of rotatable bonds is 6. The van der Waals surface area contributed by atoms with Gasteiger partial charge in [-0.2, -0.15) is 0 Å². The van der Waals surface area contributed by atoms with E-state index in [2.05, 4.69) is 45.1 Å². The summed E-state index contributed by atoms with van der Waals surface area (Å²) in [7, 11) is 0. The molecule has 0 unspecified atom stereocenters. The second kappa shape index (κ2) is 6.70. The van der Waals surface area contributed by atoms with Gasteiger partial charge in [0.05, 0.1) is 16.4 Å². The largest absolute Gasteiger partial charge is 0.461 e. The molecule has 2 aromatic rings. The Morgan fingerprint density at radius 2 is 2.11 bits per heavy atom. The molecule has 2 rings (SSSR count). The molecule has 0 saturated carbocycles. The lowest BCUT2D eigenvalue weighted by atomic mass is 10.2. The van der Waals surface area contributed by atoms with E-state index in [0.717, 1.165) is 41.8 Å². The average molecular weight is 324 g/mol. The molecule has 0 aliphatic heterocycles. The van der Waals surface area contributed by atoms with Crippen molar-refractivity contribution >= 4 is 21.7 Å². The normalized spacial score (nSPS) is 10.7. The van der Waals surface area contributed by atoms with E-state index in [0.29, 0.717) is 11.6 Å². The summed E-state index contributed by atoms with van der Waals surface area (Å²) in [5.74, 6) is 2.17. The van der Waals surface area contributed by atoms with E-state index >= 15 is 0 Å². The van der Waals surface area contributed by atoms with Gasteiger partial charge in [0.2, 0.25) is 0 Å². The summed E-state index contributed by atoms with van der Waals surface area (Å²) in [5, 5.41) is 3.32. The minimum absolute atomic E-state index is 0.634. The fourth-order valence-electron chi connectivity index (χ4n) is 1.77. The standard InChI is InChI=1S/C14H18BrN3O/c1-3-6-10-12(15)14(16-8-4-2)18-13(17-10)11-7-5-9-19-11/h5,7,9H,3-4,6,8H2,1-2H3,(H,16,17,18). The van der Waals surface area contributed by atoms with Crippen LogP contribution in [-0.2, 0) is 6.42 Å². The average Bonchev–Trinajstić information content (AvgIpc) is 2.94. The smallest absolute Gasteiger partial charge is 0.197 e. The molecule has 0 amide bonds. The summed E-state index contributed by atoms with van der Waals surface area (Å²) in [5.41, 5.74) is 1.02. The number of aryl methyl sites for hydroxylation is 1. The van der Waals surface area contributed by atoms with E-state index in [1.54, 1.807) is 6.26 Å². The van der Waals surface area contributed by atoms with Crippen molar-refractivity contribution in [1.29, 1.82) is 0 Å². The van der Waals surface area contributed by atoms with Crippen molar-refractivity contribution in [3.8, 4) is 11.6 Å². The maximum Gasteiger partial charge on any atom is 0.197 e. The van der Waals surface area contributed by atoms with Crippen LogP contribution in [0.5, 0.6) is 0 Å². The summed E-state index contributed by atoms with van der Waals surface area (Å²) in [4.78, 5) is 9.11. The molecule has 19 heavy (non-hydrogen) atoms. The molecule has 0 radical (unpaired) electrons. The highest BCUT2D eigenvalue weighted by Crippen LogP contribution is 2.28. The van der Waals surface area contributed by atoms with Gasteiger partial charge in [-0.25, -0.2) is 9.97 Å². The number of halogens is 1. The van der Waals surface area contributed by atoms with Crippen molar-refractivity contribution in [2.24, 2.45) is 0 Å². The van der Waals surface area contributed by atoms with Crippen molar-refractivity contribution in [2.45, 2.75) is 33.1 Å². The zero-order valence-corrected chi connectivity index (χ0v) is 12.8. The van der Waals surface area contributed by atoms with Crippen molar-refractivity contribution in [1.82, 2.24) is 9.97 Å². The molecule has 1 N–H and O–H groups in total. The van der Waals surface area contributed by atoms with Gasteiger partial charge < -0.3 is 9.73 Å². The van der Waals surface area contributed by atoms with Gasteiger partial charge >= 0.3 is 0 Å². The Balaban J connectivity index is 2.41. The van der Waals surface area contributed by atoms with E-state index in [1.807, 2.05) is 12.1 Å². The van der Waals surface area contributed by atoms with Crippen LogP contribution in [0.4, 0.5) is 5.82 Å². The van der Waals surface area contributed by atoms with Gasteiger partial charge in [-0.05, 0) is 40.9 Å². The Hall–Kier alpha value is -1.36. The Labute approximate surface area is 121 Å². The zero-order chi connectivity index (χ0) is 13.7. The lowest BCUT2D eigenvalue weighted by Gasteiger charge is -2.11. The highest BCUT2D eigenvalue weighted by Gasteiger charge is 2.14. The van der Waals surface area contributed by atoms with Crippen LogP contribution in [0, 0.1) is 0 Å². The first-order valence-electron chi connectivity index (χ1n) is 6.60. The lowest BCUT2D eigenvalue weighted by molar-refractivity contribution is 0.576. The zero-order valence-electron chi connectivity index (χ0n) is 11.2. The summed E-state index contributed by atoms with van der Waals surface area (Å²) in [6.45, 7) is 5.15. The first-order chi connectivity index (χ1) is 9.26. The molecule has 0 fully saturated rings. The number of nitrogens with zero attached hydrogens (tertiary/aromatic N) is 2. The number of hydrogen-bond donors (Lipinski definition) is 1. The van der Waals surface area contributed by atoms with Crippen molar-refractivity contribution in [2.75, 3.05) is 11.9 Å². The SMILES string of the molecule is CCCNc1nc(-c2ccco2)nc(CCC)c1Br. The van der Waals surface area contributed by atoms with Crippen LogP contribution in [-0.4, -0.2) is 16.5 Å². The number of hydrogen-bond acceptors (Lipinski definition) is 4. The second-order valence-corrected chi connectivity index (χ2v) is 5.10. The van der Waals surface area contributed by atoms with E-state index in [-0.39, 0.29) is 0 Å². The molecule has 2 heterocycles. The molecule has 0 atom stereocenters. The summed E-state index contributed by atoms with van der Waals surface area (Å²) in [6.07, 6.45) is 4.65. The van der Waals surface area contributed by atoms with Crippen LogP contribution in [0.15, 0.2) is 27.3 Å². The Kier molecular flexibility index (Phi) is 4.96. The minimum atomic E-state index is 0.634. The number of anilines is 1. The highest BCUT2D eigenvalue weighted by atomic mass is 79.9. The summed E-state index contributed by atoms with van der Waals surface area (Å²) >= 11 is 3.59. The van der Waals surface area contributed by atoms with Gasteiger partial charge in [-0.1, -0.05) is 20.3 Å². The first-order valence-corrected chi connectivity index (χ1v) is 7.39. The molecular formula is C14H18BrN3O. The fourth-order valence-corrected chi connectivity index (χ4v) is 2.29.